The minimum absolute atomic E-state index is 0.341. The van der Waals surface area contributed by atoms with Gasteiger partial charge >= 0.3 is 5.97 Å². The fourth-order valence-electron chi connectivity index (χ4n) is 2.36. The van der Waals surface area contributed by atoms with Gasteiger partial charge in [0, 0.05) is 0 Å². The van der Waals surface area contributed by atoms with Crippen molar-refractivity contribution < 1.29 is 9.90 Å². The lowest BCUT2D eigenvalue weighted by atomic mass is 9.97. The van der Waals surface area contributed by atoms with Gasteiger partial charge in [-0.3, -0.25) is 4.79 Å². The molecule has 3 N–H and O–H groups in total. The van der Waals surface area contributed by atoms with Crippen LogP contribution in [-0.4, -0.2) is 17.1 Å². The van der Waals surface area contributed by atoms with Gasteiger partial charge in [-0.1, -0.05) is 53.6 Å². The van der Waals surface area contributed by atoms with E-state index in [2.05, 4.69) is 32.0 Å². The van der Waals surface area contributed by atoms with E-state index >= 15 is 0 Å². The van der Waals surface area contributed by atoms with E-state index in [0.29, 0.717) is 6.42 Å². The standard InChI is InChI=1S/C17H19NO2/c1-11-6-12(2)8-15(7-11)14-5-3-4-13(9-14)10-16(18)17(19)20/h3-9,16H,10,18H2,1-2H3,(H,19,20)/t16-/m0/s1. The minimum atomic E-state index is -0.971. The van der Waals surface area contributed by atoms with E-state index in [9.17, 15) is 4.79 Å². The van der Waals surface area contributed by atoms with Crippen LogP contribution >= 0.6 is 0 Å². The van der Waals surface area contributed by atoms with Gasteiger partial charge < -0.3 is 10.8 Å². The first-order chi connectivity index (χ1) is 9.45. The summed E-state index contributed by atoms with van der Waals surface area (Å²) in [7, 11) is 0. The Kier molecular flexibility index (Phi) is 4.20. The first-order valence-corrected chi connectivity index (χ1v) is 6.61. The van der Waals surface area contributed by atoms with Crippen LogP contribution < -0.4 is 5.73 Å². The van der Waals surface area contributed by atoms with Crippen molar-refractivity contribution in [3.05, 3.63) is 59.2 Å². The number of carboxylic acid groups (broad SMARTS) is 1. The highest BCUT2D eigenvalue weighted by Gasteiger charge is 2.12. The molecule has 0 saturated carbocycles. The molecule has 0 radical (unpaired) electrons. The number of hydrogen-bond acceptors (Lipinski definition) is 2. The minimum Gasteiger partial charge on any atom is -0.480 e. The fourth-order valence-corrected chi connectivity index (χ4v) is 2.36. The average Bonchev–Trinajstić information content (AvgIpc) is 2.37. The Bertz CT molecular complexity index is 614. The van der Waals surface area contributed by atoms with Crippen LogP contribution in [0.15, 0.2) is 42.5 Å². The molecule has 3 heteroatoms. The maximum Gasteiger partial charge on any atom is 0.320 e. The molecule has 20 heavy (non-hydrogen) atoms. The Morgan fingerprint density at radius 1 is 1.10 bits per heavy atom. The quantitative estimate of drug-likeness (QED) is 0.897. The molecular weight excluding hydrogens is 250 g/mol. The zero-order chi connectivity index (χ0) is 14.7. The molecule has 0 aliphatic carbocycles. The van der Waals surface area contributed by atoms with Crippen LogP contribution in [0.3, 0.4) is 0 Å². The molecule has 0 bridgehead atoms. The van der Waals surface area contributed by atoms with Gasteiger partial charge in [0.25, 0.3) is 0 Å². The molecule has 0 saturated heterocycles. The number of rotatable bonds is 4. The molecule has 0 fully saturated rings. The van der Waals surface area contributed by atoms with Gasteiger partial charge in [-0.15, -0.1) is 0 Å². The van der Waals surface area contributed by atoms with Crippen LogP contribution in [0.4, 0.5) is 0 Å². The zero-order valence-electron chi connectivity index (χ0n) is 11.8. The number of hydrogen-bond donors (Lipinski definition) is 2. The first kappa shape index (κ1) is 14.3. The molecule has 0 heterocycles. The second-order valence-electron chi connectivity index (χ2n) is 5.23. The summed E-state index contributed by atoms with van der Waals surface area (Å²) in [5.41, 5.74) is 11.2. The largest absolute Gasteiger partial charge is 0.480 e. The van der Waals surface area contributed by atoms with Crippen LogP contribution in [0.25, 0.3) is 11.1 Å². The van der Waals surface area contributed by atoms with Crippen LogP contribution in [0, 0.1) is 13.8 Å². The van der Waals surface area contributed by atoms with Crippen LogP contribution in [0.1, 0.15) is 16.7 Å². The molecule has 0 spiro atoms. The molecule has 3 nitrogen and oxygen atoms in total. The van der Waals surface area contributed by atoms with Crippen molar-refractivity contribution in [1.29, 1.82) is 0 Å². The summed E-state index contributed by atoms with van der Waals surface area (Å²) in [4.78, 5) is 10.8. The second-order valence-corrected chi connectivity index (χ2v) is 5.23. The third-order valence-electron chi connectivity index (χ3n) is 3.25. The lowest BCUT2D eigenvalue weighted by Crippen LogP contribution is -2.32. The van der Waals surface area contributed by atoms with Crippen molar-refractivity contribution in [2.45, 2.75) is 26.3 Å². The molecule has 2 aromatic carbocycles. The highest BCUT2D eigenvalue weighted by molar-refractivity contribution is 5.74. The predicted octanol–water partition coefficient (Wildman–Crippen LogP) is 2.92. The van der Waals surface area contributed by atoms with E-state index in [1.165, 1.54) is 11.1 Å². The highest BCUT2D eigenvalue weighted by atomic mass is 16.4. The molecule has 0 unspecified atom stereocenters. The highest BCUT2D eigenvalue weighted by Crippen LogP contribution is 2.23. The van der Waals surface area contributed by atoms with Gasteiger partial charge in [-0.25, -0.2) is 0 Å². The molecule has 2 rings (SSSR count). The molecule has 2 aromatic rings. The van der Waals surface area contributed by atoms with Crippen molar-refractivity contribution in [1.82, 2.24) is 0 Å². The zero-order valence-corrected chi connectivity index (χ0v) is 11.8. The number of carboxylic acids is 1. The molecule has 1 atom stereocenters. The van der Waals surface area contributed by atoms with E-state index in [1.807, 2.05) is 24.3 Å². The van der Waals surface area contributed by atoms with Crippen LogP contribution in [-0.2, 0) is 11.2 Å². The Hall–Kier alpha value is -2.13. The lowest BCUT2D eigenvalue weighted by Gasteiger charge is -2.10. The molecule has 0 aliphatic rings. The van der Waals surface area contributed by atoms with Gasteiger partial charge in [0.2, 0.25) is 0 Å². The number of aryl methyl sites for hydroxylation is 2. The normalized spacial score (nSPS) is 12.2. The Morgan fingerprint density at radius 2 is 1.75 bits per heavy atom. The number of carbonyl (C=O) groups is 1. The Labute approximate surface area is 119 Å². The van der Waals surface area contributed by atoms with Gasteiger partial charge in [0.1, 0.15) is 6.04 Å². The van der Waals surface area contributed by atoms with E-state index < -0.39 is 12.0 Å². The number of aliphatic carboxylic acids is 1. The maximum absolute atomic E-state index is 10.8. The third kappa shape index (κ3) is 3.45. The lowest BCUT2D eigenvalue weighted by molar-refractivity contribution is -0.138. The summed E-state index contributed by atoms with van der Waals surface area (Å²) in [5, 5.41) is 8.88. The predicted molar refractivity (Wildman–Crippen MR) is 80.7 cm³/mol. The monoisotopic (exact) mass is 269 g/mol. The van der Waals surface area contributed by atoms with E-state index in [1.54, 1.807) is 0 Å². The van der Waals surface area contributed by atoms with Crippen molar-refractivity contribution in [2.24, 2.45) is 5.73 Å². The van der Waals surface area contributed by atoms with Crippen molar-refractivity contribution >= 4 is 5.97 Å². The molecule has 104 valence electrons. The van der Waals surface area contributed by atoms with E-state index in [0.717, 1.165) is 16.7 Å². The number of nitrogens with two attached hydrogens (primary N) is 1. The van der Waals surface area contributed by atoms with Gasteiger partial charge in [0.05, 0.1) is 0 Å². The van der Waals surface area contributed by atoms with Crippen molar-refractivity contribution in [3.63, 3.8) is 0 Å². The SMILES string of the molecule is Cc1cc(C)cc(-c2cccc(C[C@H](N)C(=O)O)c2)c1. The van der Waals surface area contributed by atoms with Gasteiger partial charge in [0.15, 0.2) is 0 Å². The molecular formula is C17H19NO2. The third-order valence-corrected chi connectivity index (χ3v) is 3.25. The summed E-state index contributed by atoms with van der Waals surface area (Å²) >= 11 is 0. The van der Waals surface area contributed by atoms with Gasteiger partial charge in [-0.2, -0.15) is 0 Å². The smallest absolute Gasteiger partial charge is 0.320 e. The fraction of sp³-hybridized carbons (Fsp3) is 0.235. The first-order valence-electron chi connectivity index (χ1n) is 6.61. The average molecular weight is 269 g/mol. The molecule has 0 aromatic heterocycles. The summed E-state index contributed by atoms with van der Waals surface area (Å²) in [6.45, 7) is 4.14. The van der Waals surface area contributed by atoms with Crippen molar-refractivity contribution in [3.8, 4) is 11.1 Å². The van der Waals surface area contributed by atoms with Crippen molar-refractivity contribution in [2.75, 3.05) is 0 Å². The Morgan fingerprint density at radius 3 is 2.35 bits per heavy atom. The van der Waals surface area contributed by atoms with Crippen LogP contribution in [0.5, 0.6) is 0 Å². The summed E-state index contributed by atoms with van der Waals surface area (Å²) in [5.74, 6) is -0.971. The maximum atomic E-state index is 10.8. The molecule has 0 amide bonds. The summed E-state index contributed by atoms with van der Waals surface area (Å²) < 4.78 is 0. The van der Waals surface area contributed by atoms with Gasteiger partial charge in [-0.05, 0) is 37.0 Å². The summed E-state index contributed by atoms with van der Waals surface area (Å²) in [6.07, 6.45) is 0.341. The number of benzene rings is 2. The summed E-state index contributed by atoms with van der Waals surface area (Å²) in [6, 6.07) is 13.4. The topological polar surface area (TPSA) is 63.3 Å². The molecule has 0 aliphatic heterocycles. The van der Waals surface area contributed by atoms with Crippen LogP contribution in [0.2, 0.25) is 0 Å². The Balaban J connectivity index is 2.31. The van der Waals surface area contributed by atoms with E-state index in [-0.39, 0.29) is 0 Å². The van der Waals surface area contributed by atoms with E-state index in [4.69, 9.17) is 10.8 Å². The second kappa shape index (κ2) is 5.88.